The van der Waals surface area contributed by atoms with Gasteiger partial charge < -0.3 is 11.1 Å². The Balaban J connectivity index is 1.93. The number of hydrogen-bond donors (Lipinski definition) is 2. The molecule has 0 bridgehead atoms. The van der Waals surface area contributed by atoms with Crippen LogP contribution in [0.5, 0.6) is 0 Å². The second kappa shape index (κ2) is 3.75. The van der Waals surface area contributed by atoms with E-state index in [4.69, 9.17) is 5.73 Å². The molecule has 1 fully saturated rings. The first kappa shape index (κ1) is 9.59. The third-order valence-electron chi connectivity index (χ3n) is 3.13. The van der Waals surface area contributed by atoms with Gasteiger partial charge in [-0.1, -0.05) is 0 Å². The molecule has 3 heterocycles. The minimum Gasteiger partial charge on any atom is -0.398 e. The number of nitrogens with one attached hydrogen (secondary N) is 1. The summed E-state index contributed by atoms with van der Waals surface area (Å²) in [5.41, 5.74) is 7.39. The van der Waals surface area contributed by atoms with Gasteiger partial charge in [-0.3, -0.25) is 4.40 Å². The van der Waals surface area contributed by atoms with Gasteiger partial charge in [0.25, 0.3) is 0 Å². The first-order chi connectivity index (χ1) is 7.83. The highest BCUT2D eigenvalue weighted by molar-refractivity contribution is 5.47. The Morgan fingerprint density at radius 3 is 3.19 bits per heavy atom. The number of aromatic nitrogens is 3. The first-order valence-electron chi connectivity index (χ1n) is 5.63. The zero-order valence-electron chi connectivity index (χ0n) is 9.06. The summed E-state index contributed by atoms with van der Waals surface area (Å²) < 4.78 is 1.99. The summed E-state index contributed by atoms with van der Waals surface area (Å²) in [6, 6.07) is 3.75. The highest BCUT2D eigenvalue weighted by Crippen LogP contribution is 2.15. The molecule has 0 aliphatic carbocycles. The van der Waals surface area contributed by atoms with Crippen LogP contribution >= 0.6 is 0 Å². The van der Waals surface area contributed by atoms with Gasteiger partial charge in [0, 0.05) is 18.3 Å². The molecule has 0 aromatic carbocycles. The fourth-order valence-electron chi connectivity index (χ4n) is 2.24. The Labute approximate surface area is 93.7 Å². The molecule has 0 saturated carbocycles. The fourth-order valence-corrected chi connectivity index (χ4v) is 2.24. The summed E-state index contributed by atoms with van der Waals surface area (Å²) in [6.07, 6.45) is 4.09. The highest BCUT2D eigenvalue weighted by atomic mass is 15.2. The molecule has 5 nitrogen and oxygen atoms in total. The van der Waals surface area contributed by atoms with E-state index >= 15 is 0 Å². The van der Waals surface area contributed by atoms with Gasteiger partial charge in [-0.05, 0) is 37.6 Å². The fraction of sp³-hybridized carbons (Fsp3) is 0.455. The molecule has 3 N–H and O–H groups in total. The molecule has 2 aromatic rings. The smallest absolute Gasteiger partial charge is 0.160 e. The Bertz CT molecular complexity index is 498. The molecule has 0 spiro atoms. The summed E-state index contributed by atoms with van der Waals surface area (Å²) >= 11 is 0. The molecule has 2 aromatic heterocycles. The van der Waals surface area contributed by atoms with E-state index in [1.807, 2.05) is 22.7 Å². The van der Waals surface area contributed by atoms with E-state index in [0.717, 1.165) is 36.7 Å². The number of fused-ring (bicyclic) bond motifs is 1. The van der Waals surface area contributed by atoms with Crippen molar-refractivity contribution in [1.29, 1.82) is 0 Å². The van der Waals surface area contributed by atoms with E-state index in [0.29, 0.717) is 5.92 Å². The monoisotopic (exact) mass is 217 g/mol. The van der Waals surface area contributed by atoms with Gasteiger partial charge in [0.2, 0.25) is 0 Å². The largest absolute Gasteiger partial charge is 0.398 e. The van der Waals surface area contributed by atoms with Crippen LogP contribution in [0.15, 0.2) is 18.3 Å². The maximum absolute atomic E-state index is 5.77. The van der Waals surface area contributed by atoms with Crippen molar-refractivity contribution in [2.24, 2.45) is 5.92 Å². The van der Waals surface area contributed by atoms with E-state index in [2.05, 4.69) is 15.5 Å². The summed E-state index contributed by atoms with van der Waals surface area (Å²) in [6.45, 7) is 2.20. The van der Waals surface area contributed by atoms with Gasteiger partial charge >= 0.3 is 0 Å². The highest BCUT2D eigenvalue weighted by Gasteiger charge is 2.17. The number of nitrogen functional groups attached to an aromatic ring is 1. The molecule has 3 rings (SSSR count). The summed E-state index contributed by atoms with van der Waals surface area (Å²) in [4.78, 5) is 0. The van der Waals surface area contributed by atoms with Crippen LogP contribution in [0.25, 0.3) is 5.65 Å². The van der Waals surface area contributed by atoms with E-state index in [1.165, 1.54) is 6.42 Å². The predicted molar refractivity (Wildman–Crippen MR) is 62.1 cm³/mol. The van der Waals surface area contributed by atoms with E-state index in [9.17, 15) is 0 Å². The molecule has 1 unspecified atom stereocenters. The van der Waals surface area contributed by atoms with Crippen LogP contribution in [-0.2, 0) is 6.42 Å². The van der Waals surface area contributed by atoms with Gasteiger partial charge in [0.15, 0.2) is 5.65 Å². The summed E-state index contributed by atoms with van der Waals surface area (Å²) in [7, 11) is 0. The lowest BCUT2D eigenvalue weighted by molar-refractivity contribution is 0.558. The van der Waals surface area contributed by atoms with Crippen molar-refractivity contribution in [2.45, 2.75) is 12.8 Å². The van der Waals surface area contributed by atoms with Crippen LogP contribution < -0.4 is 11.1 Å². The van der Waals surface area contributed by atoms with Crippen LogP contribution in [0.4, 0.5) is 5.69 Å². The van der Waals surface area contributed by atoms with Crippen molar-refractivity contribution < 1.29 is 0 Å². The number of hydrogen-bond acceptors (Lipinski definition) is 4. The van der Waals surface area contributed by atoms with Crippen LogP contribution in [0, 0.1) is 5.92 Å². The van der Waals surface area contributed by atoms with Gasteiger partial charge in [-0.2, -0.15) is 0 Å². The molecule has 1 atom stereocenters. The SMILES string of the molecule is Nc1ccc2nnc(CC3CCNC3)n2c1. The lowest BCUT2D eigenvalue weighted by Gasteiger charge is -2.06. The Morgan fingerprint density at radius 2 is 2.38 bits per heavy atom. The Kier molecular flexibility index (Phi) is 2.25. The summed E-state index contributed by atoms with van der Waals surface area (Å²) in [5, 5.41) is 11.7. The maximum Gasteiger partial charge on any atom is 0.160 e. The van der Waals surface area contributed by atoms with Crippen molar-refractivity contribution in [3.8, 4) is 0 Å². The van der Waals surface area contributed by atoms with Crippen LogP contribution in [0.1, 0.15) is 12.2 Å². The Morgan fingerprint density at radius 1 is 1.44 bits per heavy atom. The third-order valence-corrected chi connectivity index (χ3v) is 3.13. The average Bonchev–Trinajstić information content (AvgIpc) is 2.90. The standard InChI is InChI=1S/C11H15N5/c12-9-1-2-10-14-15-11(16(10)7-9)5-8-3-4-13-6-8/h1-2,7-8,13H,3-6,12H2. The van der Waals surface area contributed by atoms with Gasteiger partial charge in [-0.15, -0.1) is 10.2 Å². The third kappa shape index (κ3) is 1.63. The van der Waals surface area contributed by atoms with Crippen LogP contribution in [0.2, 0.25) is 0 Å². The molecule has 16 heavy (non-hydrogen) atoms. The zero-order chi connectivity index (χ0) is 11.0. The number of anilines is 1. The molecule has 1 saturated heterocycles. The zero-order valence-corrected chi connectivity index (χ0v) is 9.06. The number of pyridine rings is 1. The lowest BCUT2D eigenvalue weighted by atomic mass is 10.1. The molecular weight excluding hydrogens is 202 g/mol. The summed E-state index contributed by atoms with van der Waals surface area (Å²) in [5.74, 6) is 1.69. The molecule has 0 radical (unpaired) electrons. The van der Waals surface area contributed by atoms with E-state index in [-0.39, 0.29) is 0 Å². The predicted octanol–water partition coefficient (Wildman–Crippen LogP) is 0.463. The molecule has 0 amide bonds. The second-order valence-corrected chi connectivity index (χ2v) is 4.37. The van der Waals surface area contributed by atoms with E-state index in [1.54, 1.807) is 0 Å². The second-order valence-electron chi connectivity index (χ2n) is 4.37. The van der Waals surface area contributed by atoms with Gasteiger partial charge in [0.05, 0.1) is 0 Å². The Hall–Kier alpha value is -1.62. The number of nitrogens with two attached hydrogens (primary N) is 1. The minimum atomic E-state index is 0.675. The topological polar surface area (TPSA) is 68.2 Å². The maximum atomic E-state index is 5.77. The van der Waals surface area contributed by atoms with Crippen molar-refractivity contribution in [3.63, 3.8) is 0 Å². The van der Waals surface area contributed by atoms with Crippen molar-refractivity contribution >= 4 is 11.3 Å². The quantitative estimate of drug-likeness (QED) is 0.767. The van der Waals surface area contributed by atoms with Gasteiger partial charge in [0.1, 0.15) is 5.82 Å². The number of rotatable bonds is 2. The van der Waals surface area contributed by atoms with Crippen LogP contribution in [-0.4, -0.2) is 27.7 Å². The molecule has 84 valence electrons. The average molecular weight is 217 g/mol. The molecule has 1 aliphatic rings. The van der Waals surface area contributed by atoms with Crippen molar-refractivity contribution in [3.05, 3.63) is 24.2 Å². The van der Waals surface area contributed by atoms with Crippen molar-refractivity contribution in [2.75, 3.05) is 18.8 Å². The molecular formula is C11H15N5. The minimum absolute atomic E-state index is 0.675. The first-order valence-corrected chi connectivity index (χ1v) is 5.63. The van der Waals surface area contributed by atoms with Gasteiger partial charge in [-0.25, -0.2) is 0 Å². The van der Waals surface area contributed by atoms with E-state index < -0.39 is 0 Å². The molecule has 5 heteroatoms. The lowest BCUT2D eigenvalue weighted by Crippen LogP contribution is -2.12. The molecule has 1 aliphatic heterocycles. The normalized spacial score (nSPS) is 20.6. The van der Waals surface area contributed by atoms with Crippen LogP contribution in [0.3, 0.4) is 0 Å². The van der Waals surface area contributed by atoms with Crippen molar-refractivity contribution in [1.82, 2.24) is 19.9 Å². The number of nitrogens with zero attached hydrogens (tertiary/aromatic N) is 3.